The summed E-state index contributed by atoms with van der Waals surface area (Å²) in [6.45, 7) is 0.622. The summed E-state index contributed by atoms with van der Waals surface area (Å²) in [6, 6.07) is 30.0. The van der Waals surface area contributed by atoms with Crippen LogP contribution >= 0.6 is 0 Å². The highest BCUT2D eigenvalue weighted by molar-refractivity contribution is 5.78. The Labute approximate surface area is 173 Å². The standard InChI is InChI=1S/C24H19N3O3/c28-27(29)22-13-11-20(12-14-22)24-16-15-23(30-24)17-25-26(21-9-5-2-6-10-21)18-19-7-3-1-4-8-19/h1-17H,18H2/b25-17+. The van der Waals surface area contributed by atoms with Crippen molar-refractivity contribution >= 4 is 17.6 Å². The van der Waals surface area contributed by atoms with E-state index in [1.807, 2.05) is 65.7 Å². The molecular formula is C24H19N3O3. The number of furan rings is 1. The van der Waals surface area contributed by atoms with Crippen LogP contribution < -0.4 is 5.01 Å². The van der Waals surface area contributed by atoms with E-state index < -0.39 is 4.92 Å². The van der Waals surface area contributed by atoms with Crippen LogP contribution in [0.2, 0.25) is 0 Å². The number of nitro groups is 1. The molecule has 0 saturated heterocycles. The number of hydrogen-bond donors (Lipinski definition) is 0. The summed E-state index contributed by atoms with van der Waals surface area (Å²) in [6.07, 6.45) is 1.67. The minimum atomic E-state index is -0.422. The van der Waals surface area contributed by atoms with Crippen LogP contribution in [0.4, 0.5) is 11.4 Å². The molecule has 0 fully saturated rings. The number of hydrogen-bond acceptors (Lipinski definition) is 5. The molecule has 0 unspecified atom stereocenters. The summed E-state index contributed by atoms with van der Waals surface area (Å²) >= 11 is 0. The first kappa shape index (κ1) is 19.1. The molecule has 3 aromatic carbocycles. The molecule has 0 saturated carbocycles. The first-order valence-corrected chi connectivity index (χ1v) is 9.44. The molecule has 0 bridgehead atoms. The first-order valence-electron chi connectivity index (χ1n) is 9.44. The van der Waals surface area contributed by atoms with Gasteiger partial charge in [-0.1, -0.05) is 48.5 Å². The number of hydrazone groups is 1. The van der Waals surface area contributed by atoms with Crippen LogP contribution in [-0.2, 0) is 6.54 Å². The number of nitrogens with zero attached hydrogens (tertiary/aromatic N) is 3. The molecule has 4 aromatic rings. The van der Waals surface area contributed by atoms with Crippen molar-refractivity contribution in [2.75, 3.05) is 5.01 Å². The summed E-state index contributed by atoms with van der Waals surface area (Å²) in [5.74, 6) is 1.22. The van der Waals surface area contributed by atoms with Crippen molar-refractivity contribution < 1.29 is 9.34 Å². The molecule has 0 spiro atoms. The summed E-state index contributed by atoms with van der Waals surface area (Å²) in [4.78, 5) is 10.4. The Morgan fingerprint density at radius 2 is 1.53 bits per heavy atom. The highest BCUT2D eigenvalue weighted by Crippen LogP contribution is 2.24. The molecule has 30 heavy (non-hydrogen) atoms. The Bertz CT molecular complexity index is 1140. The molecule has 0 atom stereocenters. The molecule has 1 heterocycles. The fourth-order valence-electron chi connectivity index (χ4n) is 3.01. The van der Waals surface area contributed by atoms with Gasteiger partial charge in [0.15, 0.2) is 0 Å². The second-order valence-electron chi connectivity index (χ2n) is 6.63. The molecule has 148 valence electrons. The summed E-state index contributed by atoms with van der Waals surface area (Å²) in [5, 5.41) is 17.3. The van der Waals surface area contributed by atoms with Gasteiger partial charge in [-0.15, -0.1) is 0 Å². The van der Waals surface area contributed by atoms with E-state index in [-0.39, 0.29) is 5.69 Å². The molecular weight excluding hydrogens is 378 g/mol. The monoisotopic (exact) mass is 397 g/mol. The van der Waals surface area contributed by atoms with Crippen LogP contribution in [0.5, 0.6) is 0 Å². The average Bonchev–Trinajstić information content (AvgIpc) is 3.27. The predicted molar refractivity (Wildman–Crippen MR) is 117 cm³/mol. The first-order chi connectivity index (χ1) is 14.7. The van der Waals surface area contributed by atoms with E-state index in [0.717, 1.165) is 16.8 Å². The van der Waals surface area contributed by atoms with Crippen molar-refractivity contribution in [1.82, 2.24) is 0 Å². The quantitative estimate of drug-likeness (QED) is 0.221. The Morgan fingerprint density at radius 1 is 0.867 bits per heavy atom. The third kappa shape index (κ3) is 4.62. The maximum Gasteiger partial charge on any atom is 0.269 e. The van der Waals surface area contributed by atoms with Gasteiger partial charge in [0.1, 0.15) is 11.5 Å². The summed E-state index contributed by atoms with van der Waals surface area (Å²) < 4.78 is 5.86. The van der Waals surface area contributed by atoms with E-state index in [1.165, 1.54) is 12.1 Å². The Balaban J connectivity index is 1.54. The third-order valence-corrected chi connectivity index (χ3v) is 4.54. The van der Waals surface area contributed by atoms with Gasteiger partial charge in [-0.2, -0.15) is 5.10 Å². The van der Waals surface area contributed by atoms with Crippen LogP contribution in [0.3, 0.4) is 0 Å². The number of benzene rings is 3. The molecule has 6 heteroatoms. The number of para-hydroxylation sites is 1. The lowest BCUT2D eigenvalue weighted by molar-refractivity contribution is -0.384. The normalized spacial score (nSPS) is 10.9. The van der Waals surface area contributed by atoms with Crippen molar-refractivity contribution in [3.63, 3.8) is 0 Å². The molecule has 0 amide bonds. The zero-order chi connectivity index (χ0) is 20.8. The molecule has 4 rings (SSSR count). The van der Waals surface area contributed by atoms with Gasteiger partial charge in [-0.25, -0.2) is 0 Å². The minimum absolute atomic E-state index is 0.0477. The van der Waals surface area contributed by atoms with E-state index in [0.29, 0.717) is 18.1 Å². The van der Waals surface area contributed by atoms with E-state index in [2.05, 4.69) is 17.2 Å². The number of nitro benzene ring substituents is 1. The molecule has 0 N–H and O–H groups in total. The maximum atomic E-state index is 10.8. The van der Waals surface area contributed by atoms with Gasteiger partial charge in [-0.05, 0) is 42.0 Å². The third-order valence-electron chi connectivity index (χ3n) is 4.54. The fourth-order valence-corrected chi connectivity index (χ4v) is 3.01. The van der Waals surface area contributed by atoms with Crippen molar-refractivity contribution in [1.29, 1.82) is 0 Å². The number of rotatable bonds is 7. The lowest BCUT2D eigenvalue weighted by atomic mass is 10.1. The minimum Gasteiger partial charge on any atom is -0.455 e. The SMILES string of the molecule is O=[N+]([O-])c1ccc(-c2ccc(/C=N/N(Cc3ccccc3)c3ccccc3)o2)cc1. The van der Waals surface area contributed by atoms with Gasteiger partial charge in [0, 0.05) is 17.7 Å². The molecule has 0 aliphatic carbocycles. The second kappa shape index (κ2) is 8.87. The number of non-ortho nitro benzene ring substituents is 1. The average molecular weight is 397 g/mol. The van der Waals surface area contributed by atoms with Crippen molar-refractivity contribution in [2.24, 2.45) is 5.10 Å². The summed E-state index contributed by atoms with van der Waals surface area (Å²) in [7, 11) is 0. The zero-order valence-electron chi connectivity index (χ0n) is 16.1. The lowest BCUT2D eigenvalue weighted by Gasteiger charge is -2.19. The van der Waals surface area contributed by atoms with Gasteiger partial charge in [-0.3, -0.25) is 15.1 Å². The van der Waals surface area contributed by atoms with Gasteiger partial charge in [0.25, 0.3) is 5.69 Å². The van der Waals surface area contributed by atoms with Crippen LogP contribution in [0.1, 0.15) is 11.3 Å². The Kier molecular flexibility index (Phi) is 5.66. The molecule has 0 radical (unpaired) electrons. The van der Waals surface area contributed by atoms with E-state index in [9.17, 15) is 10.1 Å². The van der Waals surface area contributed by atoms with Gasteiger partial charge in [0.05, 0.1) is 23.4 Å². The maximum absolute atomic E-state index is 10.8. The van der Waals surface area contributed by atoms with Crippen LogP contribution in [0.25, 0.3) is 11.3 Å². The predicted octanol–water partition coefficient (Wildman–Crippen LogP) is 5.90. The van der Waals surface area contributed by atoms with Gasteiger partial charge >= 0.3 is 0 Å². The van der Waals surface area contributed by atoms with Crippen molar-refractivity contribution in [2.45, 2.75) is 6.54 Å². The van der Waals surface area contributed by atoms with Crippen molar-refractivity contribution in [3.05, 3.63) is 118 Å². The second-order valence-corrected chi connectivity index (χ2v) is 6.63. The van der Waals surface area contributed by atoms with E-state index in [4.69, 9.17) is 4.42 Å². The highest BCUT2D eigenvalue weighted by Gasteiger charge is 2.09. The molecule has 0 aliphatic heterocycles. The zero-order valence-corrected chi connectivity index (χ0v) is 16.1. The highest BCUT2D eigenvalue weighted by atomic mass is 16.6. The van der Waals surface area contributed by atoms with Crippen LogP contribution in [0.15, 0.2) is 107 Å². The topological polar surface area (TPSA) is 71.9 Å². The smallest absolute Gasteiger partial charge is 0.269 e. The van der Waals surface area contributed by atoms with Crippen molar-refractivity contribution in [3.8, 4) is 11.3 Å². The molecule has 0 aliphatic rings. The largest absolute Gasteiger partial charge is 0.455 e. The Hall–Kier alpha value is -4.19. The van der Waals surface area contributed by atoms with Crippen LogP contribution in [0, 0.1) is 10.1 Å². The van der Waals surface area contributed by atoms with Crippen LogP contribution in [-0.4, -0.2) is 11.1 Å². The fraction of sp³-hybridized carbons (Fsp3) is 0.0417. The van der Waals surface area contributed by atoms with E-state index >= 15 is 0 Å². The van der Waals surface area contributed by atoms with E-state index in [1.54, 1.807) is 18.3 Å². The summed E-state index contributed by atoms with van der Waals surface area (Å²) in [5.41, 5.74) is 2.93. The molecule has 6 nitrogen and oxygen atoms in total. The number of anilines is 1. The lowest BCUT2D eigenvalue weighted by Crippen LogP contribution is -2.15. The van der Waals surface area contributed by atoms with Gasteiger partial charge < -0.3 is 4.42 Å². The Morgan fingerprint density at radius 3 is 2.20 bits per heavy atom. The molecule has 1 aromatic heterocycles. The van der Waals surface area contributed by atoms with Gasteiger partial charge in [0.2, 0.25) is 0 Å².